The predicted octanol–water partition coefficient (Wildman–Crippen LogP) is 4.52. The molecule has 2 atom stereocenters. The standard InChI is InChI=1S/C22H19N3O4S.C20H16N4O3S.CH4/c1-3-29-20(26)19-23-16-8-12-30-18(16)17(24-19)15-6-4-5-14(13-15)7-9-22(28)10-11-25(2)21(22)27;1-24-9-8-20(27,19(24)26)7-5-12-3-2-4-13(11-12)15-16-14(6-10-28-16)22-18(23-15)17(21)25;/h4-6,8,12-13,28H,3,10-11H2,1-2H3;2-4,6,10-11,27H,8-9H2,1H3,(H2,21,25);1H4/t22-;20-;/m00./s1. The highest BCUT2D eigenvalue weighted by Crippen LogP contribution is 2.32. The number of thiophene rings is 2. The average Bonchev–Trinajstić information content (AvgIpc) is 4.02. The summed E-state index contributed by atoms with van der Waals surface area (Å²) in [6, 6.07) is 18.2. The highest BCUT2D eigenvalue weighted by molar-refractivity contribution is 7.18. The van der Waals surface area contributed by atoms with E-state index in [1.54, 1.807) is 51.4 Å². The van der Waals surface area contributed by atoms with E-state index in [1.807, 2.05) is 41.1 Å². The van der Waals surface area contributed by atoms with Crippen LogP contribution in [0, 0.1) is 23.7 Å². The van der Waals surface area contributed by atoms with Gasteiger partial charge in [-0.25, -0.2) is 24.7 Å². The molecule has 6 aromatic rings. The number of aromatic nitrogens is 4. The van der Waals surface area contributed by atoms with Crippen LogP contribution in [-0.2, 0) is 14.3 Å². The predicted molar refractivity (Wildman–Crippen MR) is 225 cm³/mol. The van der Waals surface area contributed by atoms with Gasteiger partial charge in [0.25, 0.3) is 17.7 Å². The second kappa shape index (κ2) is 17.1. The molecule has 2 aliphatic heterocycles. The molecule has 0 radical (unpaired) electrons. The van der Waals surface area contributed by atoms with Crippen molar-refractivity contribution in [3.05, 3.63) is 94.2 Å². The van der Waals surface area contributed by atoms with Crippen molar-refractivity contribution in [3.63, 3.8) is 0 Å². The third kappa shape index (κ3) is 8.67. The van der Waals surface area contributed by atoms with Crippen LogP contribution < -0.4 is 5.73 Å². The Morgan fingerprint density at radius 3 is 1.64 bits per heavy atom. The molecule has 59 heavy (non-hydrogen) atoms. The molecule has 2 saturated heterocycles. The van der Waals surface area contributed by atoms with Crippen LogP contribution in [0.4, 0.5) is 0 Å². The van der Waals surface area contributed by atoms with Gasteiger partial charge in [0.05, 0.1) is 38.4 Å². The number of ether oxygens (including phenoxy) is 1. The molecule has 0 saturated carbocycles. The van der Waals surface area contributed by atoms with Crippen LogP contribution in [0.5, 0.6) is 0 Å². The number of fused-ring (bicyclic) bond motifs is 2. The van der Waals surface area contributed by atoms with E-state index in [4.69, 9.17) is 10.5 Å². The number of esters is 1. The highest BCUT2D eigenvalue weighted by Gasteiger charge is 2.43. The molecule has 0 bridgehead atoms. The van der Waals surface area contributed by atoms with Gasteiger partial charge in [-0.2, -0.15) is 0 Å². The molecule has 2 aliphatic rings. The number of carbonyl (C=O) groups is 4. The maximum Gasteiger partial charge on any atom is 0.376 e. The van der Waals surface area contributed by atoms with Crippen molar-refractivity contribution in [2.45, 2.75) is 38.4 Å². The van der Waals surface area contributed by atoms with Gasteiger partial charge in [0, 0.05) is 62.3 Å². The molecule has 8 rings (SSSR count). The van der Waals surface area contributed by atoms with Crippen LogP contribution in [-0.4, -0.2) is 109 Å². The Morgan fingerprint density at radius 1 is 0.763 bits per heavy atom. The smallest absolute Gasteiger partial charge is 0.376 e. The first-order chi connectivity index (χ1) is 27.8. The van der Waals surface area contributed by atoms with E-state index in [1.165, 1.54) is 32.5 Å². The molecule has 4 N–H and O–H groups in total. The van der Waals surface area contributed by atoms with Crippen molar-refractivity contribution >= 4 is 66.8 Å². The van der Waals surface area contributed by atoms with Crippen molar-refractivity contribution in [1.82, 2.24) is 29.7 Å². The summed E-state index contributed by atoms with van der Waals surface area (Å²) in [7, 11) is 3.28. The zero-order valence-corrected chi connectivity index (χ0v) is 33.1. The number of amides is 3. The summed E-state index contributed by atoms with van der Waals surface area (Å²) in [5.74, 6) is 9.13. The Bertz CT molecular complexity index is 2760. The quantitative estimate of drug-likeness (QED) is 0.163. The van der Waals surface area contributed by atoms with Gasteiger partial charge in [-0.1, -0.05) is 55.4 Å². The number of hydrogen-bond acceptors (Lipinski definition) is 13. The van der Waals surface area contributed by atoms with Gasteiger partial charge in [-0.05, 0) is 54.1 Å². The van der Waals surface area contributed by atoms with Crippen LogP contribution in [0.15, 0.2) is 71.4 Å². The topological polar surface area (TPSA) is 202 Å². The molecule has 3 amide bonds. The second-order valence-electron chi connectivity index (χ2n) is 13.5. The maximum absolute atomic E-state index is 12.2. The SMILES string of the molecule is C.CCOC(=O)c1nc(-c2cccc(C#C[C@]3(O)CCN(C)C3=O)c2)c2sccc2n1.CN1CC[C@@](O)(C#Cc2cccc(-c3nc(C(N)=O)nc4ccsc34)c2)C1=O. The summed E-state index contributed by atoms with van der Waals surface area (Å²) in [5.41, 5.74) is 7.31. The lowest BCUT2D eigenvalue weighted by atomic mass is 10.0. The first-order valence-electron chi connectivity index (χ1n) is 18.0. The summed E-state index contributed by atoms with van der Waals surface area (Å²) in [4.78, 5) is 68.1. The first kappa shape index (κ1) is 42.1. The Hall–Kier alpha value is -6.56. The van der Waals surface area contributed by atoms with E-state index in [2.05, 4.69) is 43.6 Å². The summed E-state index contributed by atoms with van der Waals surface area (Å²) in [5, 5.41) is 24.7. The summed E-state index contributed by atoms with van der Waals surface area (Å²) >= 11 is 2.94. The molecule has 2 fully saturated rings. The number of nitrogens with two attached hydrogens (primary N) is 1. The molecule has 16 heteroatoms. The Morgan fingerprint density at radius 2 is 1.22 bits per heavy atom. The number of aliphatic hydroxyl groups is 2. The zero-order valence-electron chi connectivity index (χ0n) is 31.5. The van der Waals surface area contributed by atoms with E-state index >= 15 is 0 Å². The number of benzene rings is 2. The van der Waals surface area contributed by atoms with Gasteiger partial charge < -0.3 is 30.5 Å². The van der Waals surface area contributed by atoms with E-state index < -0.39 is 29.0 Å². The largest absolute Gasteiger partial charge is 0.460 e. The van der Waals surface area contributed by atoms with E-state index in [-0.39, 0.29) is 44.4 Å². The van der Waals surface area contributed by atoms with Gasteiger partial charge in [0.15, 0.2) is 0 Å². The number of rotatable bonds is 5. The number of likely N-dealkylation sites (N-methyl/N-ethyl adjacent to an activating group) is 2. The number of likely N-dealkylation sites (tertiary alicyclic amines) is 2. The summed E-state index contributed by atoms with van der Waals surface area (Å²) in [6.45, 7) is 2.90. The zero-order chi connectivity index (χ0) is 41.2. The molecule has 4 aromatic heterocycles. The molecule has 0 aliphatic carbocycles. The number of carbonyl (C=O) groups excluding carboxylic acids is 4. The molecular formula is C43H39N7O7S2. The summed E-state index contributed by atoms with van der Waals surface area (Å²) < 4.78 is 6.73. The summed E-state index contributed by atoms with van der Waals surface area (Å²) in [6.07, 6.45) is 0.554. The molecule has 0 unspecified atom stereocenters. The normalized spacial score (nSPS) is 18.3. The lowest BCUT2D eigenvalue weighted by Crippen LogP contribution is -2.37. The van der Waals surface area contributed by atoms with Gasteiger partial charge in [0.2, 0.25) is 22.9 Å². The van der Waals surface area contributed by atoms with E-state index in [0.29, 0.717) is 46.6 Å². The molecule has 0 spiro atoms. The molecule has 300 valence electrons. The third-order valence-electron chi connectivity index (χ3n) is 9.40. The fourth-order valence-electron chi connectivity index (χ4n) is 6.29. The van der Waals surface area contributed by atoms with Gasteiger partial charge >= 0.3 is 5.97 Å². The van der Waals surface area contributed by atoms with E-state index in [9.17, 15) is 29.4 Å². The van der Waals surface area contributed by atoms with Crippen molar-refractivity contribution in [1.29, 1.82) is 0 Å². The average molecular weight is 830 g/mol. The Balaban J connectivity index is 0.000000195. The lowest BCUT2D eigenvalue weighted by Gasteiger charge is -2.13. The lowest BCUT2D eigenvalue weighted by molar-refractivity contribution is -0.138. The molecule has 2 aromatic carbocycles. The highest BCUT2D eigenvalue weighted by atomic mass is 32.1. The van der Waals surface area contributed by atoms with Crippen LogP contribution in [0.3, 0.4) is 0 Å². The van der Waals surface area contributed by atoms with Crippen molar-refractivity contribution in [3.8, 4) is 46.2 Å². The van der Waals surface area contributed by atoms with Gasteiger partial charge in [-0.15, -0.1) is 22.7 Å². The number of hydrogen-bond donors (Lipinski definition) is 3. The fourth-order valence-corrected chi connectivity index (χ4v) is 7.98. The second-order valence-corrected chi connectivity index (χ2v) is 15.3. The van der Waals surface area contributed by atoms with Gasteiger partial charge in [0.1, 0.15) is 0 Å². The van der Waals surface area contributed by atoms with Crippen molar-refractivity contribution in [2.24, 2.45) is 5.73 Å². The maximum atomic E-state index is 12.2. The minimum absolute atomic E-state index is 0. The van der Waals surface area contributed by atoms with Crippen LogP contribution in [0.2, 0.25) is 0 Å². The fraction of sp³-hybridized carbons (Fsp3) is 0.256. The minimum atomic E-state index is -1.65. The monoisotopic (exact) mass is 829 g/mol. The first-order valence-corrected chi connectivity index (χ1v) is 19.7. The molecule has 14 nitrogen and oxygen atoms in total. The molecule has 6 heterocycles. The minimum Gasteiger partial charge on any atom is -0.460 e. The van der Waals surface area contributed by atoms with Crippen molar-refractivity contribution < 1.29 is 34.1 Å². The van der Waals surface area contributed by atoms with E-state index in [0.717, 1.165) is 20.5 Å². The van der Waals surface area contributed by atoms with Crippen LogP contribution >= 0.6 is 22.7 Å². The van der Waals surface area contributed by atoms with Crippen molar-refractivity contribution in [2.75, 3.05) is 33.8 Å². The van der Waals surface area contributed by atoms with Crippen LogP contribution in [0.25, 0.3) is 42.9 Å². The van der Waals surface area contributed by atoms with Gasteiger partial charge in [-0.3, -0.25) is 14.4 Å². The third-order valence-corrected chi connectivity index (χ3v) is 11.2. The molecular weight excluding hydrogens is 791 g/mol. The Kier molecular flexibility index (Phi) is 12.2. The Labute approximate surface area is 347 Å². The number of nitrogens with zero attached hydrogens (tertiary/aromatic N) is 6. The number of primary amides is 1. The van der Waals surface area contributed by atoms with Crippen LogP contribution in [0.1, 0.15) is 59.6 Å².